The van der Waals surface area contributed by atoms with Gasteiger partial charge in [0.15, 0.2) is 0 Å². The lowest BCUT2D eigenvalue weighted by molar-refractivity contribution is -0.655. The molecule has 0 saturated heterocycles. The van der Waals surface area contributed by atoms with Crippen molar-refractivity contribution in [2.45, 2.75) is 13.5 Å². The van der Waals surface area contributed by atoms with Crippen LogP contribution in [-0.2, 0) is 6.54 Å². The quantitative estimate of drug-likeness (QED) is 0.178. The van der Waals surface area contributed by atoms with E-state index in [-0.39, 0.29) is 34.0 Å². The Bertz CT molecular complexity index is 1410. The summed E-state index contributed by atoms with van der Waals surface area (Å²) in [6, 6.07) is 14.8. The molecule has 0 unspecified atom stereocenters. The van der Waals surface area contributed by atoms with Gasteiger partial charge >= 0.3 is 0 Å². The van der Waals surface area contributed by atoms with Crippen LogP contribution in [0.2, 0.25) is 0 Å². The molecule has 1 aromatic heterocycles. The molecule has 0 bridgehead atoms. The van der Waals surface area contributed by atoms with Gasteiger partial charge in [-0.25, -0.2) is 0 Å². The van der Waals surface area contributed by atoms with E-state index in [2.05, 4.69) is 0 Å². The molecule has 0 saturated carbocycles. The second-order valence-electron chi connectivity index (χ2n) is 6.84. The van der Waals surface area contributed by atoms with Crippen molar-refractivity contribution in [2.24, 2.45) is 0 Å². The normalized spacial score (nSPS) is 10.7. The first kappa shape index (κ1) is 22.7. The maximum Gasteiger partial charge on any atom is 0.276 e. The van der Waals surface area contributed by atoms with E-state index in [4.69, 9.17) is 0 Å². The van der Waals surface area contributed by atoms with E-state index in [0.29, 0.717) is 39.5 Å². The first-order valence-electron chi connectivity index (χ1n) is 9.28. The molecule has 0 aliphatic carbocycles. The number of pyridine rings is 1. The molecule has 0 aliphatic heterocycles. The molecule has 4 aromatic rings. The number of hydrogen-bond donors (Lipinski definition) is 0. The van der Waals surface area contributed by atoms with Crippen molar-refractivity contribution >= 4 is 38.7 Å². The monoisotopic (exact) mass is 498 g/mol. The lowest BCUT2D eigenvalue weighted by Crippen LogP contribution is -3.00. The van der Waals surface area contributed by atoms with Gasteiger partial charge in [-0.05, 0) is 31.2 Å². The highest BCUT2D eigenvalue weighted by molar-refractivity contribution is 6.09. The summed E-state index contributed by atoms with van der Waals surface area (Å²) in [6.45, 7) is 2.28. The molecule has 0 atom stereocenters. The van der Waals surface area contributed by atoms with Crippen LogP contribution in [0.1, 0.15) is 6.92 Å². The van der Waals surface area contributed by atoms with Crippen molar-refractivity contribution in [1.82, 2.24) is 0 Å². The SMILES string of the molecule is CC[n+]1c(-c2ccc([N+](=O)[O-])cc2)c2cc([N+](=O)[O-])ccc2c2ccc([N+](=O)[O-])cc21.[Br-]. The van der Waals surface area contributed by atoms with Gasteiger partial charge in [-0.2, -0.15) is 4.57 Å². The van der Waals surface area contributed by atoms with Crippen molar-refractivity contribution in [3.8, 4) is 11.3 Å². The number of nitrogens with zero attached hydrogens (tertiary/aromatic N) is 4. The molecule has 0 aliphatic rings. The summed E-state index contributed by atoms with van der Waals surface area (Å²) in [6.07, 6.45) is 0. The minimum Gasteiger partial charge on any atom is -1.00 e. The van der Waals surface area contributed by atoms with Crippen LogP contribution in [0.25, 0.3) is 32.9 Å². The highest BCUT2D eigenvalue weighted by Gasteiger charge is 2.26. The number of hydrogen-bond acceptors (Lipinski definition) is 6. The van der Waals surface area contributed by atoms with Crippen LogP contribution < -0.4 is 21.5 Å². The zero-order chi connectivity index (χ0) is 22.3. The molecule has 1 heterocycles. The highest BCUT2D eigenvalue weighted by atomic mass is 79.9. The minimum absolute atomic E-state index is 0. The Labute approximate surface area is 190 Å². The molecule has 10 nitrogen and oxygen atoms in total. The van der Waals surface area contributed by atoms with Gasteiger partial charge in [0, 0.05) is 41.3 Å². The van der Waals surface area contributed by atoms with Crippen molar-refractivity contribution in [2.75, 3.05) is 0 Å². The van der Waals surface area contributed by atoms with Crippen LogP contribution in [0, 0.1) is 30.3 Å². The molecule has 3 aromatic carbocycles. The van der Waals surface area contributed by atoms with E-state index in [1.165, 1.54) is 36.4 Å². The summed E-state index contributed by atoms with van der Waals surface area (Å²) in [7, 11) is 0. The largest absolute Gasteiger partial charge is 1.00 e. The van der Waals surface area contributed by atoms with E-state index >= 15 is 0 Å². The highest BCUT2D eigenvalue weighted by Crippen LogP contribution is 2.35. The van der Waals surface area contributed by atoms with Gasteiger partial charge in [0.1, 0.15) is 6.54 Å². The Hall–Kier alpha value is -3.99. The standard InChI is InChI=1S/C21H15N4O6.BrH/c1-2-22-20-12-16(25(30)31)8-10-18(20)17-9-7-15(24(28)29)11-19(17)21(22)13-3-5-14(6-4-13)23(26)27;/h3-12H,2H2,1H3;1H/q+1;/p-1. The molecule has 0 fully saturated rings. The summed E-state index contributed by atoms with van der Waals surface area (Å²) >= 11 is 0. The fourth-order valence-electron chi connectivity index (χ4n) is 3.81. The van der Waals surface area contributed by atoms with Gasteiger partial charge in [0.25, 0.3) is 17.1 Å². The number of halogens is 1. The third-order valence-corrected chi connectivity index (χ3v) is 5.18. The number of nitro groups is 3. The Kier molecular flexibility index (Phi) is 6.12. The molecular weight excluding hydrogens is 484 g/mol. The van der Waals surface area contributed by atoms with Gasteiger partial charge < -0.3 is 17.0 Å². The lowest BCUT2D eigenvalue weighted by Gasteiger charge is -2.11. The maximum atomic E-state index is 11.4. The first-order chi connectivity index (χ1) is 14.8. The second kappa shape index (κ2) is 8.63. The Morgan fingerprint density at radius 1 is 0.688 bits per heavy atom. The van der Waals surface area contributed by atoms with Crippen LogP contribution >= 0.6 is 0 Å². The Morgan fingerprint density at radius 3 is 1.72 bits per heavy atom. The molecule has 162 valence electrons. The number of rotatable bonds is 5. The van der Waals surface area contributed by atoms with Crippen LogP contribution in [-0.4, -0.2) is 14.8 Å². The summed E-state index contributed by atoms with van der Waals surface area (Å²) in [5.41, 5.74) is 1.52. The minimum atomic E-state index is -0.510. The zero-order valence-corrected chi connectivity index (χ0v) is 18.2. The molecule has 0 radical (unpaired) electrons. The summed E-state index contributed by atoms with van der Waals surface area (Å²) in [5, 5.41) is 35.8. The van der Waals surface area contributed by atoms with E-state index in [9.17, 15) is 30.3 Å². The lowest BCUT2D eigenvalue weighted by atomic mass is 9.98. The fourth-order valence-corrected chi connectivity index (χ4v) is 3.81. The molecule has 32 heavy (non-hydrogen) atoms. The Morgan fingerprint density at radius 2 is 1.19 bits per heavy atom. The average Bonchev–Trinajstić information content (AvgIpc) is 2.77. The smallest absolute Gasteiger partial charge is 0.276 e. The van der Waals surface area contributed by atoms with Crippen LogP contribution in [0.15, 0.2) is 60.7 Å². The predicted molar refractivity (Wildman–Crippen MR) is 113 cm³/mol. The third kappa shape index (κ3) is 3.73. The van der Waals surface area contributed by atoms with Crippen LogP contribution in [0.3, 0.4) is 0 Å². The van der Waals surface area contributed by atoms with Gasteiger partial charge in [0.2, 0.25) is 11.2 Å². The van der Waals surface area contributed by atoms with Crippen LogP contribution in [0.4, 0.5) is 17.1 Å². The molecule has 4 rings (SSSR count). The van der Waals surface area contributed by atoms with Crippen molar-refractivity contribution < 1.29 is 36.3 Å². The third-order valence-electron chi connectivity index (χ3n) is 5.18. The van der Waals surface area contributed by atoms with Crippen molar-refractivity contribution in [3.05, 3.63) is 91.0 Å². The molecule has 0 N–H and O–H groups in total. The first-order valence-corrected chi connectivity index (χ1v) is 9.28. The maximum absolute atomic E-state index is 11.4. The van der Waals surface area contributed by atoms with Gasteiger partial charge in [-0.1, -0.05) is 0 Å². The Balaban J connectivity index is 0.00000289. The summed E-state index contributed by atoms with van der Waals surface area (Å²) < 4.78 is 1.83. The molecular formula is C21H15BrN4O6. The predicted octanol–water partition coefficient (Wildman–Crippen LogP) is 1.70. The van der Waals surface area contributed by atoms with Crippen molar-refractivity contribution in [1.29, 1.82) is 0 Å². The number of aromatic nitrogens is 1. The summed E-state index contributed by atoms with van der Waals surface area (Å²) in [5.74, 6) is 0. The van der Waals surface area contributed by atoms with E-state index in [1.807, 2.05) is 11.5 Å². The molecule has 0 amide bonds. The zero-order valence-electron chi connectivity index (χ0n) is 16.6. The number of benzene rings is 3. The molecule has 11 heteroatoms. The average molecular weight is 499 g/mol. The molecule has 0 spiro atoms. The topological polar surface area (TPSA) is 133 Å². The summed E-state index contributed by atoms with van der Waals surface area (Å²) in [4.78, 5) is 32.3. The number of nitro benzene ring substituents is 3. The van der Waals surface area contributed by atoms with Gasteiger partial charge in [-0.15, -0.1) is 0 Å². The second-order valence-corrected chi connectivity index (χ2v) is 6.84. The van der Waals surface area contributed by atoms with Gasteiger partial charge in [-0.3, -0.25) is 30.3 Å². The van der Waals surface area contributed by atoms with E-state index in [0.717, 1.165) is 0 Å². The van der Waals surface area contributed by atoms with E-state index in [1.54, 1.807) is 24.3 Å². The van der Waals surface area contributed by atoms with Crippen molar-refractivity contribution in [3.63, 3.8) is 0 Å². The number of non-ortho nitro benzene ring substituents is 3. The number of aryl methyl sites for hydroxylation is 1. The van der Waals surface area contributed by atoms with E-state index < -0.39 is 14.8 Å². The fraction of sp³-hybridized carbons (Fsp3) is 0.0952. The van der Waals surface area contributed by atoms with Crippen LogP contribution in [0.5, 0.6) is 0 Å². The number of fused-ring (bicyclic) bond motifs is 3. The van der Waals surface area contributed by atoms with Gasteiger partial charge in [0.05, 0.1) is 31.6 Å².